The van der Waals surface area contributed by atoms with Gasteiger partial charge in [-0.3, -0.25) is 0 Å². The second-order valence-electron chi connectivity index (χ2n) is 3.12. The molecule has 0 bridgehead atoms. The number of nitrogens with zero attached hydrogens (tertiary/aromatic N) is 1. The summed E-state index contributed by atoms with van der Waals surface area (Å²) in [5.74, 6) is 0.976. The summed E-state index contributed by atoms with van der Waals surface area (Å²) in [4.78, 5) is 4.34. The highest BCUT2D eigenvalue weighted by molar-refractivity contribution is 9.10. The molecule has 1 heterocycles. The topological polar surface area (TPSA) is 37.0 Å². The van der Waals surface area contributed by atoms with E-state index in [2.05, 4.69) is 44.5 Å². The summed E-state index contributed by atoms with van der Waals surface area (Å²) in [6, 6.07) is 2.08. The van der Waals surface area contributed by atoms with Crippen LogP contribution in [0.1, 0.15) is 18.9 Å². The lowest BCUT2D eigenvalue weighted by molar-refractivity contribution is 0.811. The molecule has 14 heavy (non-hydrogen) atoms. The van der Waals surface area contributed by atoms with E-state index >= 15 is 0 Å². The highest BCUT2D eigenvalue weighted by Gasteiger charge is 2.02. The molecule has 0 aliphatic heterocycles. The van der Waals surface area contributed by atoms with Gasteiger partial charge in [0.15, 0.2) is 0 Å². The molecule has 0 unspecified atom stereocenters. The summed E-state index contributed by atoms with van der Waals surface area (Å²) in [6.07, 6.45) is 2.92. The highest BCUT2D eigenvalue weighted by atomic mass is 79.9. The van der Waals surface area contributed by atoms with Crippen molar-refractivity contribution in [2.45, 2.75) is 19.9 Å². The number of aromatic nitrogens is 1. The van der Waals surface area contributed by atoms with Crippen LogP contribution >= 0.6 is 15.9 Å². The molecule has 1 aromatic heterocycles. The van der Waals surface area contributed by atoms with Gasteiger partial charge < -0.3 is 10.6 Å². The molecule has 1 rings (SSSR count). The Morgan fingerprint density at radius 2 is 2.29 bits per heavy atom. The van der Waals surface area contributed by atoms with Gasteiger partial charge in [0.1, 0.15) is 5.82 Å². The predicted molar refractivity (Wildman–Crippen MR) is 63.5 cm³/mol. The van der Waals surface area contributed by atoms with E-state index in [0.29, 0.717) is 0 Å². The summed E-state index contributed by atoms with van der Waals surface area (Å²) in [5, 5.41) is 6.43. The van der Waals surface area contributed by atoms with Crippen molar-refractivity contribution < 1.29 is 0 Å². The molecule has 1 aromatic rings. The second kappa shape index (κ2) is 5.98. The van der Waals surface area contributed by atoms with Gasteiger partial charge in [-0.05, 0) is 35.5 Å². The van der Waals surface area contributed by atoms with Crippen molar-refractivity contribution in [2.24, 2.45) is 0 Å². The molecule has 0 fully saturated rings. The van der Waals surface area contributed by atoms with Crippen molar-refractivity contribution in [2.75, 3.05) is 18.9 Å². The Bertz CT molecular complexity index is 289. The lowest BCUT2D eigenvalue weighted by Gasteiger charge is -2.10. The number of hydrogen-bond donors (Lipinski definition) is 2. The molecule has 0 spiro atoms. The molecule has 3 nitrogen and oxygen atoms in total. The average Bonchev–Trinajstić information content (AvgIpc) is 2.17. The smallest absolute Gasteiger partial charge is 0.130 e. The van der Waals surface area contributed by atoms with Gasteiger partial charge in [-0.15, -0.1) is 0 Å². The van der Waals surface area contributed by atoms with Crippen molar-refractivity contribution in [1.82, 2.24) is 10.3 Å². The monoisotopic (exact) mass is 257 g/mol. The first-order valence-electron chi connectivity index (χ1n) is 4.80. The van der Waals surface area contributed by atoms with Gasteiger partial charge in [-0.2, -0.15) is 0 Å². The Morgan fingerprint density at radius 3 is 2.93 bits per heavy atom. The molecule has 0 atom stereocenters. The molecule has 0 saturated carbocycles. The molecular weight excluding hydrogens is 242 g/mol. The molecule has 0 aliphatic rings. The second-order valence-corrected chi connectivity index (χ2v) is 4.03. The zero-order chi connectivity index (χ0) is 10.4. The van der Waals surface area contributed by atoms with Crippen LogP contribution in [0, 0.1) is 0 Å². The maximum atomic E-state index is 4.34. The number of anilines is 1. The Hall–Kier alpha value is -0.610. The van der Waals surface area contributed by atoms with Gasteiger partial charge in [-0.25, -0.2) is 4.98 Å². The van der Waals surface area contributed by atoms with Crippen molar-refractivity contribution in [3.8, 4) is 0 Å². The molecule has 2 N–H and O–H groups in total. The van der Waals surface area contributed by atoms with Crippen molar-refractivity contribution in [1.29, 1.82) is 0 Å². The van der Waals surface area contributed by atoms with Crippen LogP contribution in [0.4, 0.5) is 5.82 Å². The van der Waals surface area contributed by atoms with Gasteiger partial charge in [0.25, 0.3) is 0 Å². The number of halogens is 1. The van der Waals surface area contributed by atoms with Crippen LogP contribution in [0.2, 0.25) is 0 Å². The van der Waals surface area contributed by atoms with Crippen molar-refractivity contribution in [3.05, 3.63) is 22.3 Å². The van der Waals surface area contributed by atoms with Crippen LogP contribution in [0.5, 0.6) is 0 Å². The Morgan fingerprint density at radius 1 is 1.50 bits per heavy atom. The maximum absolute atomic E-state index is 4.34. The van der Waals surface area contributed by atoms with Crippen LogP contribution in [-0.4, -0.2) is 18.6 Å². The van der Waals surface area contributed by atoms with E-state index in [9.17, 15) is 0 Å². The summed E-state index contributed by atoms with van der Waals surface area (Å²) in [5.41, 5.74) is 1.19. The van der Waals surface area contributed by atoms with Crippen LogP contribution in [0.15, 0.2) is 16.7 Å². The summed E-state index contributed by atoms with van der Waals surface area (Å²) in [7, 11) is 1.94. The summed E-state index contributed by atoms with van der Waals surface area (Å²) < 4.78 is 1.02. The predicted octanol–water partition coefficient (Wildman–Crippen LogP) is 2.39. The molecule has 78 valence electrons. The third kappa shape index (κ3) is 3.27. The minimum atomic E-state index is 0.832. The fourth-order valence-corrected chi connectivity index (χ4v) is 1.59. The molecule has 0 aromatic carbocycles. The Kier molecular flexibility index (Phi) is 4.90. The van der Waals surface area contributed by atoms with Crippen LogP contribution < -0.4 is 10.6 Å². The van der Waals surface area contributed by atoms with E-state index in [1.54, 1.807) is 0 Å². The minimum absolute atomic E-state index is 0.832. The third-order valence-electron chi connectivity index (χ3n) is 1.84. The average molecular weight is 258 g/mol. The largest absolute Gasteiger partial charge is 0.370 e. The number of rotatable bonds is 5. The van der Waals surface area contributed by atoms with Crippen LogP contribution in [-0.2, 0) is 6.54 Å². The number of nitrogens with one attached hydrogen (secondary N) is 2. The Balaban J connectivity index is 2.78. The molecule has 4 heteroatoms. The molecule has 0 amide bonds. The van der Waals surface area contributed by atoms with Gasteiger partial charge in [-0.1, -0.05) is 6.92 Å². The van der Waals surface area contributed by atoms with E-state index in [1.807, 2.05) is 13.2 Å². The van der Waals surface area contributed by atoms with E-state index in [1.165, 1.54) is 5.56 Å². The Labute approximate surface area is 93.4 Å². The van der Waals surface area contributed by atoms with Gasteiger partial charge in [0, 0.05) is 29.3 Å². The van der Waals surface area contributed by atoms with Gasteiger partial charge in [0.05, 0.1) is 0 Å². The molecule has 0 radical (unpaired) electrons. The molecule has 0 aliphatic carbocycles. The van der Waals surface area contributed by atoms with Gasteiger partial charge >= 0.3 is 0 Å². The third-order valence-corrected chi connectivity index (χ3v) is 2.28. The first-order valence-corrected chi connectivity index (χ1v) is 5.60. The fourth-order valence-electron chi connectivity index (χ4n) is 1.21. The van der Waals surface area contributed by atoms with Crippen LogP contribution in [0.3, 0.4) is 0 Å². The SMILES string of the molecule is CCCNc1ncc(Br)cc1CNC. The maximum Gasteiger partial charge on any atom is 0.130 e. The summed E-state index contributed by atoms with van der Waals surface area (Å²) >= 11 is 3.42. The van der Waals surface area contributed by atoms with E-state index in [-0.39, 0.29) is 0 Å². The van der Waals surface area contributed by atoms with E-state index in [4.69, 9.17) is 0 Å². The zero-order valence-corrected chi connectivity index (χ0v) is 10.2. The first kappa shape index (κ1) is 11.5. The van der Waals surface area contributed by atoms with Gasteiger partial charge in [0.2, 0.25) is 0 Å². The lowest BCUT2D eigenvalue weighted by atomic mass is 10.2. The molecule has 0 saturated heterocycles. The fraction of sp³-hybridized carbons (Fsp3) is 0.500. The quantitative estimate of drug-likeness (QED) is 0.851. The summed E-state index contributed by atoms with van der Waals surface area (Å²) in [6.45, 7) is 3.94. The first-order chi connectivity index (χ1) is 6.77. The van der Waals surface area contributed by atoms with Crippen molar-refractivity contribution >= 4 is 21.7 Å². The van der Waals surface area contributed by atoms with Crippen molar-refractivity contribution in [3.63, 3.8) is 0 Å². The zero-order valence-electron chi connectivity index (χ0n) is 8.60. The normalized spacial score (nSPS) is 10.2. The number of hydrogen-bond acceptors (Lipinski definition) is 3. The van der Waals surface area contributed by atoms with E-state index < -0.39 is 0 Å². The van der Waals surface area contributed by atoms with Crippen LogP contribution in [0.25, 0.3) is 0 Å². The lowest BCUT2D eigenvalue weighted by Crippen LogP contribution is -2.11. The highest BCUT2D eigenvalue weighted by Crippen LogP contribution is 2.17. The molecular formula is C10H16BrN3. The minimum Gasteiger partial charge on any atom is -0.370 e. The van der Waals surface area contributed by atoms with E-state index in [0.717, 1.165) is 29.8 Å². The standard InChI is InChI=1S/C10H16BrN3/c1-3-4-13-10-8(6-12-2)5-9(11)7-14-10/h5,7,12H,3-4,6H2,1-2H3,(H,13,14). The number of pyridine rings is 1.